The third-order valence-corrected chi connectivity index (χ3v) is 3.23. The van der Waals surface area contributed by atoms with Crippen molar-refractivity contribution in [1.82, 2.24) is 4.98 Å². The van der Waals surface area contributed by atoms with Gasteiger partial charge in [0.05, 0.1) is 7.11 Å². The van der Waals surface area contributed by atoms with E-state index in [0.717, 1.165) is 10.0 Å². The largest absolute Gasteiger partial charge is 0.494 e. The fourth-order valence-corrected chi connectivity index (χ4v) is 2.33. The summed E-state index contributed by atoms with van der Waals surface area (Å²) in [5.74, 6) is 0.328. The van der Waals surface area contributed by atoms with E-state index < -0.39 is 0 Å². The van der Waals surface area contributed by atoms with Crippen LogP contribution in [-0.4, -0.2) is 17.9 Å². The van der Waals surface area contributed by atoms with Gasteiger partial charge in [-0.2, -0.15) is 0 Å². The van der Waals surface area contributed by atoms with Gasteiger partial charge in [-0.25, -0.2) is 4.98 Å². The van der Waals surface area contributed by atoms with E-state index in [1.165, 1.54) is 7.11 Å². The van der Waals surface area contributed by atoms with Crippen LogP contribution < -0.4 is 4.74 Å². The molecule has 1 aromatic carbocycles. The van der Waals surface area contributed by atoms with Crippen molar-refractivity contribution in [1.29, 1.82) is 0 Å². The van der Waals surface area contributed by atoms with Crippen LogP contribution in [0.15, 0.2) is 41.0 Å². The van der Waals surface area contributed by atoms with Gasteiger partial charge in [0.2, 0.25) is 5.78 Å². The first kappa shape index (κ1) is 12.8. The highest BCUT2D eigenvalue weighted by Gasteiger charge is 2.17. The van der Waals surface area contributed by atoms with Crippen molar-refractivity contribution in [3.8, 4) is 5.75 Å². The van der Waals surface area contributed by atoms with E-state index in [0.29, 0.717) is 17.0 Å². The van der Waals surface area contributed by atoms with Crippen LogP contribution in [0.5, 0.6) is 5.75 Å². The SMILES string of the molecule is COc1cccnc1C(=O)c1ccc(C)cc1Br. The molecule has 0 saturated carbocycles. The molecule has 2 rings (SSSR count). The normalized spacial score (nSPS) is 10.2. The van der Waals surface area contributed by atoms with Crippen LogP contribution in [0.3, 0.4) is 0 Å². The molecule has 0 aliphatic heterocycles. The van der Waals surface area contributed by atoms with Crippen molar-refractivity contribution in [3.63, 3.8) is 0 Å². The van der Waals surface area contributed by atoms with Crippen LogP contribution in [0.4, 0.5) is 0 Å². The molecular weight excluding hydrogens is 294 g/mol. The summed E-state index contributed by atoms with van der Waals surface area (Å²) < 4.78 is 5.92. The molecule has 0 spiro atoms. The average molecular weight is 306 g/mol. The van der Waals surface area contributed by atoms with Crippen molar-refractivity contribution in [2.45, 2.75) is 6.92 Å². The number of hydrogen-bond donors (Lipinski definition) is 0. The van der Waals surface area contributed by atoms with Crippen molar-refractivity contribution >= 4 is 21.7 Å². The number of ketones is 1. The number of methoxy groups -OCH3 is 1. The third-order valence-electron chi connectivity index (χ3n) is 2.57. The number of ether oxygens (including phenoxy) is 1. The van der Waals surface area contributed by atoms with Gasteiger partial charge in [0.15, 0.2) is 5.69 Å². The number of benzene rings is 1. The maximum Gasteiger partial charge on any atom is 0.216 e. The minimum absolute atomic E-state index is 0.153. The Morgan fingerprint density at radius 3 is 2.78 bits per heavy atom. The highest BCUT2D eigenvalue weighted by molar-refractivity contribution is 9.10. The Labute approximate surface area is 114 Å². The predicted molar refractivity (Wildman–Crippen MR) is 73.1 cm³/mol. The van der Waals surface area contributed by atoms with Gasteiger partial charge in [-0.1, -0.05) is 22.0 Å². The Balaban J connectivity index is 2.48. The first-order chi connectivity index (χ1) is 8.63. The second-order valence-electron chi connectivity index (χ2n) is 3.87. The van der Waals surface area contributed by atoms with E-state index in [9.17, 15) is 4.79 Å². The molecule has 4 heteroatoms. The highest BCUT2D eigenvalue weighted by atomic mass is 79.9. The van der Waals surface area contributed by atoms with Gasteiger partial charge in [-0.15, -0.1) is 0 Å². The topological polar surface area (TPSA) is 39.2 Å². The van der Waals surface area contributed by atoms with Crippen LogP contribution in [0.25, 0.3) is 0 Å². The summed E-state index contributed by atoms with van der Waals surface area (Å²) in [6.07, 6.45) is 1.58. The Hall–Kier alpha value is -1.68. The number of pyridine rings is 1. The maximum absolute atomic E-state index is 12.4. The zero-order valence-electron chi connectivity index (χ0n) is 10.1. The monoisotopic (exact) mass is 305 g/mol. The molecule has 2 aromatic rings. The molecule has 0 radical (unpaired) electrons. The summed E-state index contributed by atoms with van der Waals surface area (Å²) in [5, 5.41) is 0. The lowest BCUT2D eigenvalue weighted by atomic mass is 10.1. The summed E-state index contributed by atoms with van der Waals surface area (Å²) in [5.41, 5.74) is 1.99. The maximum atomic E-state index is 12.4. The smallest absolute Gasteiger partial charge is 0.216 e. The number of carbonyl (C=O) groups excluding carboxylic acids is 1. The van der Waals surface area contributed by atoms with Crippen molar-refractivity contribution in [2.75, 3.05) is 7.11 Å². The van der Waals surface area contributed by atoms with E-state index >= 15 is 0 Å². The van der Waals surface area contributed by atoms with Gasteiger partial charge in [-0.3, -0.25) is 4.79 Å². The predicted octanol–water partition coefficient (Wildman–Crippen LogP) is 3.39. The number of hydrogen-bond acceptors (Lipinski definition) is 3. The number of aromatic nitrogens is 1. The Kier molecular flexibility index (Phi) is 3.77. The second kappa shape index (κ2) is 5.31. The third kappa shape index (κ3) is 2.43. The first-order valence-corrected chi connectivity index (χ1v) is 6.22. The Morgan fingerprint density at radius 1 is 1.33 bits per heavy atom. The lowest BCUT2D eigenvalue weighted by molar-refractivity contribution is 0.103. The average Bonchev–Trinajstić information content (AvgIpc) is 2.38. The molecule has 0 saturated heterocycles. The number of aryl methyl sites for hydroxylation is 1. The molecule has 0 atom stereocenters. The van der Waals surface area contributed by atoms with Gasteiger partial charge in [0, 0.05) is 16.2 Å². The minimum Gasteiger partial charge on any atom is -0.494 e. The molecule has 0 N–H and O–H groups in total. The zero-order chi connectivity index (χ0) is 13.1. The number of carbonyl (C=O) groups is 1. The minimum atomic E-state index is -0.153. The number of rotatable bonds is 3. The second-order valence-corrected chi connectivity index (χ2v) is 4.72. The van der Waals surface area contributed by atoms with E-state index in [-0.39, 0.29) is 5.78 Å². The number of nitrogens with zero attached hydrogens (tertiary/aromatic N) is 1. The van der Waals surface area contributed by atoms with Crippen LogP contribution in [0.1, 0.15) is 21.6 Å². The summed E-state index contributed by atoms with van der Waals surface area (Å²) >= 11 is 3.40. The van der Waals surface area contributed by atoms with Crippen molar-refractivity contribution in [3.05, 3.63) is 57.8 Å². The molecule has 18 heavy (non-hydrogen) atoms. The van der Waals surface area contributed by atoms with Gasteiger partial charge < -0.3 is 4.74 Å². The molecule has 0 bridgehead atoms. The van der Waals surface area contributed by atoms with E-state index in [1.54, 1.807) is 24.4 Å². The standard InChI is InChI=1S/C14H12BrNO2/c1-9-5-6-10(11(15)8-9)14(17)13-12(18-2)4-3-7-16-13/h3-8H,1-2H3. The molecular formula is C14H12BrNO2. The summed E-state index contributed by atoms with van der Waals surface area (Å²) in [4.78, 5) is 16.5. The van der Waals surface area contributed by atoms with Gasteiger partial charge in [0.25, 0.3) is 0 Å². The molecule has 1 heterocycles. The molecule has 0 aliphatic carbocycles. The van der Waals surface area contributed by atoms with E-state index in [4.69, 9.17) is 4.74 Å². The van der Waals surface area contributed by atoms with E-state index in [1.807, 2.05) is 19.1 Å². The van der Waals surface area contributed by atoms with Gasteiger partial charge >= 0.3 is 0 Å². The van der Waals surface area contributed by atoms with Crippen LogP contribution >= 0.6 is 15.9 Å². The fourth-order valence-electron chi connectivity index (χ4n) is 1.66. The van der Waals surface area contributed by atoms with Gasteiger partial charge in [0.1, 0.15) is 5.75 Å². The van der Waals surface area contributed by atoms with Crippen LogP contribution in [-0.2, 0) is 0 Å². The molecule has 0 fully saturated rings. The highest BCUT2D eigenvalue weighted by Crippen LogP contribution is 2.24. The quantitative estimate of drug-likeness (QED) is 0.816. The molecule has 0 aliphatic rings. The zero-order valence-corrected chi connectivity index (χ0v) is 11.7. The molecule has 3 nitrogen and oxygen atoms in total. The lowest BCUT2D eigenvalue weighted by Gasteiger charge is -2.07. The van der Waals surface area contributed by atoms with Gasteiger partial charge in [-0.05, 0) is 36.8 Å². The van der Waals surface area contributed by atoms with Crippen LogP contribution in [0.2, 0.25) is 0 Å². The summed E-state index contributed by atoms with van der Waals surface area (Å²) in [6, 6.07) is 9.05. The Bertz CT molecular complexity index is 596. The molecule has 0 unspecified atom stereocenters. The van der Waals surface area contributed by atoms with Crippen molar-refractivity contribution < 1.29 is 9.53 Å². The molecule has 1 aromatic heterocycles. The molecule has 0 amide bonds. The molecule has 92 valence electrons. The lowest BCUT2D eigenvalue weighted by Crippen LogP contribution is -2.07. The fraction of sp³-hybridized carbons (Fsp3) is 0.143. The van der Waals surface area contributed by atoms with Crippen LogP contribution in [0, 0.1) is 6.92 Å². The summed E-state index contributed by atoms with van der Waals surface area (Å²) in [6.45, 7) is 1.97. The number of halogens is 1. The Morgan fingerprint density at radius 2 is 2.11 bits per heavy atom. The van der Waals surface area contributed by atoms with Crippen molar-refractivity contribution in [2.24, 2.45) is 0 Å². The first-order valence-electron chi connectivity index (χ1n) is 5.43. The van der Waals surface area contributed by atoms with E-state index in [2.05, 4.69) is 20.9 Å². The summed E-state index contributed by atoms with van der Waals surface area (Å²) in [7, 11) is 1.53.